The standard InChI is InChI=1S/C18H23N3O2S2/c1-11-7-21(8-12(2)23-11)15(22)9-24-17-16-13-5-3-4-6-14(13)25-18(16)20-10-19-17/h10-12H,3-9H2,1-2H3. The summed E-state index contributed by atoms with van der Waals surface area (Å²) >= 11 is 3.36. The SMILES string of the molecule is CC1CN(C(=O)CSc2ncnc3sc4c(c23)CCCC4)CC(C)O1. The first-order valence-corrected chi connectivity index (χ1v) is 10.7. The number of carbonyl (C=O) groups excluding carboxylic acids is 1. The number of hydrogen-bond acceptors (Lipinski definition) is 6. The highest BCUT2D eigenvalue weighted by atomic mass is 32.2. The molecule has 2 unspecified atom stereocenters. The molecule has 1 saturated heterocycles. The van der Waals surface area contributed by atoms with E-state index in [1.807, 2.05) is 18.7 Å². The maximum absolute atomic E-state index is 12.6. The van der Waals surface area contributed by atoms with Gasteiger partial charge >= 0.3 is 0 Å². The molecule has 0 saturated carbocycles. The molecule has 5 nitrogen and oxygen atoms in total. The highest BCUT2D eigenvalue weighted by molar-refractivity contribution is 8.00. The molecule has 0 aromatic carbocycles. The minimum Gasteiger partial charge on any atom is -0.372 e. The third-order valence-corrected chi connectivity index (χ3v) is 7.00. The normalized spacial score (nSPS) is 23.7. The largest absolute Gasteiger partial charge is 0.372 e. The van der Waals surface area contributed by atoms with Gasteiger partial charge in [-0.2, -0.15) is 0 Å². The first-order valence-electron chi connectivity index (χ1n) is 8.93. The second-order valence-electron chi connectivity index (χ2n) is 6.91. The van der Waals surface area contributed by atoms with E-state index >= 15 is 0 Å². The summed E-state index contributed by atoms with van der Waals surface area (Å²) in [4.78, 5) is 26.1. The van der Waals surface area contributed by atoms with Crippen molar-refractivity contribution in [2.24, 2.45) is 0 Å². The predicted octanol–water partition coefficient (Wildman–Crippen LogP) is 3.30. The van der Waals surface area contributed by atoms with E-state index in [1.165, 1.54) is 28.7 Å². The molecule has 3 heterocycles. The van der Waals surface area contributed by atoms with E-state index in [9.17, 15) is 4.79 Å². The number of ether oxygens (including phenoxy) is 1. The lowest BCUT2D eigenvalue weighted by atomic mass is 9.97. The lowest BCUT2D eigenvalue weighted by Crippen LogP contribution is -2.48. The average molecular weight is 378 g/mol. The van der Waals surface area contributed by atoms with E-state index in [1.54, 1.807) is 29.4 Å². The van der Waals surface area contributed by atoms with E-state index < -0.39 is 0 Å². The summed E-state index contributed by atoms with van der Waals surface area (Å²) in [5.41, 5.74) is 1.43. The van der Waals surface area contributed by atoms with Gasteiger partial charge in [-0.05, 0) is 45.1 Å². The van der Waals surface area contributed by atoms with Gasteiger partial charge in [0.15, 0.2) is 0 Å². The van der Waals surface area contributed by atoms with Gasteiger partial charge in [0.25, 0.3) is 0 Å². The zero-order valence-electron chi connectivity index (χ0n) is 14.7. The van der Waals surface area contributed by atoms with E-state index in [-0.39, 0.29) is 18.1 Å². The summed E-state index contributed by atoms with van der Waals surface area (Å²) in [5.74, 6) is 0.596. The highest BCUT2D eigenvalue weighted by Crippen LogP contribution is 2.39. The Hall–Kier alpha value is -1.18. The van der Waals surface area contributed by atoms with Gasteiger partial charge in [0.1, 0.15) is 16.2 Å². The molecule has 2 atom stereocenters. The Morgan fingerprint density at radius 2 is 2.04 bits per heavy atom. The van der Waals surface area contributed by atoms with Gasteiger partial charge < -0.3 is 9.64 Å². The molecule has 0 N–H and O–H groups in total. The zero-order valence-corrected chi connectivity index (χ0v) is 16.3. The minimum absolute atomic E-state index is 0.104. The maximum Gasteiger partial charge on any atom is 0.233 e. The Balaban J connectivity index is 1.51. The monoisotopic (exact) mass is 377 g/mol. The first-order chi connectivity index (χ1) is 12.1. The summed E-state index contributed by atoms with van der Waals surface area (Å²) in [6, 6.07) is 0. The van der Waals surface area contributed by atoms with Gasteiger partial charge in [-0.25, -0.2) is 9.97 Å². The van der Waals surface area contributed by atoms with Crippen LogP contribution in [-0.4, -0.2) is 51.8 Å². The van der Waals surface area contributed by atoms with Crippen LogP contribution in [0.25, 0.3) is 10.2 Å². The molecule has 2 aliphatic rings. The number of carbonyl (C=O) groups is 1. The van der Waals surface area contributed by atoms with E-state index in [2.05, 4.69) is 9.97 Å². The van der Waals surface area contributed by atoms with Crippen LogP contribution in [0.2, 0.25) is 0 Å². The van der Waals surface area contributed by atoms with Gasteiger partial charge in [0.05, 0.1) is 18.0 Å². The third-order valence-electron chi connectivity index (χ3n) is 4.82. The molecule has 2 aromatic rings. The molecule has 1 aliphatic heterocycles. The number of aromatic nitrogens is 2. The number of thioether (sulfide) groups is 1. The van der Waals surface area contributed by atoms with Crippen molar-refractivity contribution < 1.29 is 9.53 Å². The van der Waals surface area contributed by atoms with Crippen molar-refractivity contribution in [3.8, 4) is 0 Å². The number of morpholine rings is 1. The van der Waals surface area contributed by atoms with Crippen LogP contribution < -0.4 is 0 Å². The molecule has 134 valence electrons. The fourth-order valence-electron chi connectivity index (χ4n) is 3.77. The molecule has 7 heteroatoms. The summed E-state index contributed by atoms with van der Waals surface area (Å²) in [6.07, 6.45) is 6.61. The summed E-state index contributed by atoms with van der Waals surface area (Å²) in [6.45, 7) is 5.40. The molecule has 1 amide bonds. The molecule has 4 rings (SSSR count). The topological polar surface area (TPSA) is 55.3 Å². The smallest absolute Gasteiger partial charge is 0.233 e. The van der Waals surface area contributed by atoms with Gasteiger partial charge in [-0.1, -0.05) is 11.8 Å². The summed E-state index contributed by atoms with van der Waals surface area (Å²) < 4.78 is 5.72. The number of aryl methyl sites for hydroxylation is 2. The number of fused-ring (bicyclic) bond motifs is 3. The number of hydrogen-bond donors (Lipinski definition) is 0. The Kier molecular flexibility index (Phi) is 4.97. The van der Waals surface area contributed by atoms with E-state index in [0.29, 0.717) is 18.8 Å². The van der Waals surface area contributed by atoms with Crippen molar-refractivity contribution in [2.75, 3.05) is 18.8 Å². The Morgan fingerprint density at radius 3 is 2.84 bits per heavy atom. The molecule has 0 bridgehead atoms. The molecule has 1 fully saturated rings. The number of nitrogens with zero attached hydrogens (tertiary/aromatic N) is 3. The Labute approximate surface area is 156 Å². The van der Waals surface area contributed by atoms with Crippen molar-refractivity contribution in [2.45, 2.75) is 56.8 Å². The molecule has 2 aromatic heterocycles. The lowest BCUT2D eigenvalue weighted by molar-refractivity contribution is -0.140. The fraction of sp³-hybridized carbons (Fsp3) is 0.611. The Bertz CT molecular complexity index is 782. The van der Waals surface area contributed by atoms with Gasteiger partial charge in [-0.15, -0.1) is 11.3 Å². The Morgan fingerprint density at radius 1 is 1.28 bits per heavy atom. The van der Waals surface area contributed by atoms with E-state index in [4.69, 9.17) is 4.74 Å². The van der Waals surface area contributed by atoms with Crippen molar-refractivity contribution in [3.63, 3.8) is 0 Å². The fourth-order valence-corrected chi connectivity index (χ4v) is 6.00. The molecular formula is C18H23N3O2S2. The molecule has 25 heavy (non-hydrogen) atoms. The van der Waals surface area contributed by atoms with Crippen LogP contribution in [-0.2, 0) is 22.4 Å². The van der Waals surface area contributed by atoms with Crippen LogP contribution in [0.4, 0.5) is 0 Å². The quantitative estimate of drug-likeness (QED) is 0.607. The van der Waals surface area contributed by atoms with Gasteiger partial charge in [-0.3, -0.25) is 4.79 Å². The van der Waals surface area contributed by atoms with Gasteiger partial charge in [0.2, 0.25) is 5.91 Å². The van der Waals surface area contributed by atoms with Crippen molar-refractivity contribution in [1.29, 1.82) is 0 Å². The third kappa shape index (κ3) is 3.55. The molecule has 0 spiro atoms. The van der Waals surface area contributed by atoms with E-state index in [0.717, 1.165) is 22.7 Å². The summed E-state index contributed by atoms with van der Waals surface area (Å²) in [5, 5.41) is 2.16. The number of rotatable bonds is 3. The predicted molar refractivity (Wildman–Crippen MR) is 101 cm³/mol. The maximum atomic E-state index is 12.6. The van der Waals surface area contributed by atoms with Crippen LogP contribution >= 0.6 is 23.1 Å². The lowest BCUT2D eigenvalue weighted by Gasteiger charge is -2.35. The van der Waals surface area contributed by atoms with Crippen molar-refractivity contribution >= 4 is 39.2 Å². The van der Waals surface area contributed by atoms with Gasteiger partial charge in [0, 0.05) is 23.4 Å². The molecule has 1 aliphatic carbocycles. The number of amides is 1. The molecular weight excluding hydrogens is 354 g/mol. The second-order valence-corrected chi connectivity index (χ2v) is 8.96. The zero-order chi connectivity index (χ0) is 17.4. The van der Waals surface area contributed by atoms with Crippen LogP contribution in [0.3, 0.4) is 0 Å². The first kappa shape index (κ1) is 17.2. The molecule has 0 radical (unpaired) electrons. The minimum atomic E-state index is 0.104. The van der Waals surface area contributed by atoms with Crippen LogP contribution in [0.15, 0.2) is 11.4 Å². The van der Waals surface area contributed by atoms with Crippen LogP contribution in [0.1, 0.15) is 37.1 Å². The van der Waals surface area contributed by atoms with Crippen LogP contribution in [0.5, 0.6) is 0 Å². The summed E-state index contributed by atoms with van der Waals surface area (Å²) in [7, 11) is 0. The van der Waals surface area contributed by atoms with Crippen molar-refractivity contribution in [1.82, 2.24) is 14.9 Å². The average Bonchev–Trinajstić information content (AvgIpc) is 2.98. The van der Waals surface area contributed by atoms with Crippen LogP contribution in [0, 0.1) is 0 Å². The second kappa shape index (κ2) is 7.21. The number of thiophene rings is 1. The van der Waals surface area contributed by atoms with Crippen molar-refractivity contribution in [3.05, 3.63) is 16.8 Å². The highest BCUT2D eigenvalue weighted by Gasteiger charge is 2.26.